The van der Waals surface area contributed by atoms with Gasteiger partial charge in [0, 0.05) is 44.9 Å². The first-order chi connectivity index (χ1) is 28.5. The van der Waals surface area contributed by atoms with Crippen LogP contribution in [0.4, 0.5) is 5.69 Å². The second kappa shape index (κ2) is 18.1. The smallest absolute Gasteiger partial charge is 0.306 e. The maximum atomic E-state index is 15.1. The molecule has 0 bridgehead atoms. The van der Waals surface area contributed by atoms with E-state index in [0.29, 0.717) is 18.4 Å². The van der Waals surface area contributed by atoms with Gasteiger partial charge >= 0.3 is 5.97 Å². The lowest BCUT2D eigenvalue weighted by Crippen LogP contribution is -2.59. The van der Waals surface area contributed by atoms with Crippen molar-refractivity contribution < 1.29 is 47.5 Å². The molecule has 8 rings (SSSR count). The zero-order chi connectivity index (χ0) is 41.7. The molecule has 12 heteroatoms. The molecule has 4 saturated heterocycles. The summed E-state index contributed by atoms with van der Waals surface area (Å²) in [7, 11) is 9.21. The number of carbonyl (C=O) groups excluding carboxylic acids is 2. The number of para-hydroxylation sites is 1. The number of fused-ring (bicyclic) bond motifs is 8. The van der Waals surface area contributed by atoms with Gasteiger partial charge in [0.25, 0.3) is 0 Å². The van der Waals surface area contributed by atoms with E-state index in [1.165, 1.54) is 5.69 Å². The number of cyclic esters (lactones) is 1. The maximum absolute atomic E-state index is 15.1. The summed E-state index contributed by atoms with van der Waals surface area (Å²) in [5.41, 5.74) is 1.98. The number of ketones is 1. The summed E-state index contributed by atoms with van der Waals surface area (Å²) in [6.07, 6.45) is 6.12. The number of allylic oxidation sites excluding steroid dienone is 2. The minimum atomic E-state index is -0.616. The van der Waals surface area contributed by atoms with Gasteiger partial charge < -0.3 is 47.7 Å². The van der Waals surface area contributed by atoms with Crippen LogP contribution < -0.4 is 4.90 Å². The van der Waals surface area contributed by atoms with Crippen molar-refractivity contribution in [3.05, 3.63) is 42.0 Å². The van der Waals surface area contributed by atoms with Gasteiger partial charge in [0.05, 0.1) is 42.9 Å². The number of hydrogen-bond donors (Lipinski definition) is 0. The number of anilines is 1. The first-order valence-corrected chi connectivity index (χ1v) is 22.6. The second-order valence-electron chi connectivity index (χ2n) is 18.8. The van der Waals surface area contributed by atoms with Crippen molar-refractivity contribution in [1.82, 2.24) is 4.90 Å². The van der Waals surface area contributed by atoms with Crippen LogP contribution >= 0.6 is 0 Å². The number of rotatable bonds is 10. The molecule has 4 heterocycles. The topological polar surface area (TPSA) is 114 Å². The fraction of sp³-hybridized carbons (Fsp3) is 0.787. The van der Waals surface area contributed by atoms with Crippen LogP contribution in [0.3, 0.4) is 0 Å². The monoisotopic (exact) mass is 823 g/mol. The van der Waals surface area contributed by atoms with Gasteiger partial charge in [-0.15, -0.1) is 0 Å². The van der Waals surface area contributed by atoms with Crippen LogP contribution in [0.2, 0.25) is 0 Å². The van der Waals surface area contributed by atoms with Crippen molar-refractivity contribution in [2.45, 2.75) is 165 Å². The van der Waals surface area contributed by atoms with Crippen molar-refractivity contribution in [3.8, 4) is 0 Å². The van der Waals surface area contributed by atoms with Crippen LogP contribution in [0.15, 0.2) is 42.0 Å². The molecule has 59 heavy (non-hydrogen) atoms. The number of Topliss-reactive ketones (excluding diaryl/α,β-unsaturated/α-hetero) is 1. The molecule has 19 atom stereocenters. The molecule has 6 fully saturated rings. The number of carbonyl (C=O) groups is 2. The summed E-state index contributed by atoms with van der Waals surface area (Å²) in [6, 6.07) is 11.4. The Labute approximate surface area is 351 Å². The Balaban J connectivity index is 1.10. The van der Waals surface area contributed by atoms with Crippen LogP contribution in [-0.2, 0) is 47.5 Å². The van der Waals surface area contributed by atoms with E-state index in [1.54, 1.807) is 21.3 Å². The predicted octanol–water partition coefficient (Wildman–Crippen LogP) is 6.19. The first-order valence-electron chi connectivity index (χ1n) is 22.6. The first kappa shape index (κ1) is 43.2. The van der Waals surface area contributed by atoms with Crippen LogP contribution in [0.1, 0.15) is 85.5 Å². The largest absolute Gasteiger partial charge is 0.462 e. The zero-order valence-corrected chi connectivity index (χ0v) is 36.8. The molecular formula is C47H70N2O10. The molecule has 0 spiro atoms. The Morgan fingerprint density at radius 1 is 0.814 bits per heavy atom. The van der Waals surface area contributed by atoms with E-state index < -0.39 is 12.4 Å². The molecule has 0 N–H and O–H groups in total. The summed E-state index contributed by atoms with van der Waals surface area (Å²) in [5, 5.41) is 0. The molecular weight excluding hydrogens is 753 g/mol. The standard InChI is InChI=1S/C47H70N2O10/c1-10-29-17-14-18-37(59-39-20-19-36(48(5)6)26(3)55-39)25(2)43(51)35-23-32-31-21-30(58-47-46(54-9)45(53-8)44(52-7)27(4)56-47)22-34(31)41-42(40(32)33(35)24-38(50)57-29)49(41)28-15-12-11-13-16-28/h11-13,15-16,23,25-27,29-34,36-37,39-42,44-47H,10,14,17-22,24H2,1-9H3/t25-,26-,27+,29+,30+,31+,32+,33-,34-,36+,37+,39+,40-,41+,42-,44+,45-,46-,47+,49?/m1/s1. The number of nitrogens with zero attached hydrogens (tertiary/aromatic N) is 2. The number of hydrogen-bond acceptors (Lipinski definition) is 12. The minimum absolute atomic E-state index is 0.0262. The van der Waals surface area contributed by atoms with E-state index >= 15 is 4.79 Å². The van der Waals surface area contributed by atoms with E-state index in [9.17, 15) is 4.79 Å². The average Bonchev–Trinajstić information content (AvgIpc) is 3.63. The van der Waals surface area contributed by atoms with Crippen LogP contribution in [0.5, 0.6) is 0 Å². The third kappa shape index (κ3) is 8.31. The third-order valence-corrected chi connectivity index (χ3v) is 15.5. The lowest BCUT2D eigenvalue weighted by molar-refractivity contribution is -0.314. The van der Waals surface area contributed by atoms with E-state index in [0.717, 1.165) is 50.5 Å². The molecule has 12 nitrogen and oxygen atoms in total. The Morgan fingerprint density at radius 2 is 1.54 bits per heavy atom. The molecule has 0 unspecified atom stereocenters. The number of benzene rings is 1. The van der Waals surface area contributed by atoms with Crippen molar-refractivity contribution >= 4 is 17.4 Å². The fourth-order valence-electron chi connectivity index (χ4n) is 12.6. The fourth-order valence-corrected chi connectivity index (χ4v) is 12.6. The summed E-state index contributed by atoms with van der Waals surface area (Å²) in [5.74, 6) is 0.0677. The Hall–Kier alpha value is -2.42. The van der Waals surface area contributed by atoms with Gasteiger partial charge in [-0.2, -0.15) is 0 Å². The van der Waals surface area contributed by atoms with Gasteiger partial charge in [0.15, 0.2) is 18.4 Å². The van der Waals surface area contributed by atoms with Gasteiger partial charge in [-0.3, -0.25) is 9.59 Å². The van der Waals surface area contributed by atoms with Gasteiger partial charge in [0.1, 0.15) is 24.4 Å². The highest BCUT2D eigenvalue weighted by atomic mass is 16.7. The lowest BCUT2D eigenvalue weighted by atomic mass is 9.66. The van der Waals surface area contributed by atoms with E-state index in [-0.39, 0.29) is 109 Å². The SMILES string of the molecule is CC[C@H]1CCC[C@H](O[C@H]2CC[C@H](N(C)C)[C@@H](C)O2)[C@@H](C)C(=O)C2=C[C@H]3[C@@H]4C[C@H](O[C@@H]5O[C@@H](C)[C@H](OC)[C@@H](OC)[C@H]5OC)C[C@H]4[C@H]4[C@@H]([C@H]3[C@@H]2CC(=O)O1)N4c1ccccc1. The van der Waals surface area contributed by atoms with Crippen LogP contribution in [0.25, 0.3) is 0 Å². The molecule has 0 amide bonds. The summed E-state index contributed by atoms with van der Waals surface area (Å²) < 4.78 is 50.5. The van der Waals surface area contributed by atoms with Crippen molar-refractivity contribution in [3.63, 3.8) is 0 Å². The van der Waals surface area contributed by atoms with Gasteiger partial charge in [-0.1, -0.05) is 38.1 Å². The van der Waals surface area contributed by atoms with Crippen molar-refractivity contribution in [1.29, 1.82) is 0 Å². The zero-order valence-electron chi connectivity index (χ0n) is 36.8. The average molecular weight is 823 g/mol. The number of methoxy groups -OCH3 is 3. The van der Waals surface area contributed by atoms with Gasteiger partial charge in [-0.25, -0.2) is 0 Å². The summed E-state index contributed by atoms with van der Waals surface area (Å²) >= 11 is 0. The predicted molar refractivity (Wildman–Crippen MR) is 222 cm³/mol. The highest BCUT2D eigenvalue weighted by Gasteiger charge is 2.69. The highest BCUT2D eigenvalue weighted by Crippen LogP contribution is 2.65. The van der Waals surface area contributed by atoms with Crippen LogP contribution in [-0.4, -0.2) is 132 Å². The summed E-state index contributed by atoms with van der Waals surface area (Å²) in [4.78, 5) is 33.9. The van der Waals surface area contributed by atoms with E-state index in [1.807, 2.05) is 13.8 Å². The maximum Gasteiger partial charge on any atom is 0.306 e. The molecule has 3 aliphatic carbocycles. The van der Waals surface area contributed by atoms with Crippen molar-refractivity contribution in [2.75, 3.05) is 40.3 Å². The molecule has 2 saturated carbocycles. The molecule has 1 aromatic rings. The summed E-state index contributed by atoms with van der Waals surface area (Å²) in [6.45, 7) is 8.24. The second-order valence-corrected chi connectivity index (χ2v) is 18.8. The molecule has 0 aromatic heterocycles. The molecule has 4 aliphatic heterocycles. The Bertz CT molecular complexity index is 1640. The minimum Gasteiger partial charge on any atom is -0.462 e. The van der Waals surface area contributed by atoms with E-state index in [4.69, 9.17) is 37.9 Å². The van der Waals surface area contributed by atoms with E-state index in [2.05, 4.69) is 74.2 Å². The quantitative estimate of drug-likeness (QED) is 0.198. The molecule has 0 radical (unpaired) electrons. The number of esters is 1. The van der Waals surface area contributed by atoms with Crippen molar-refractivity contribution in [2.24, 2.45) is 35.5 Å². The molecule has 7 aliphatic rings. The Morgan fingerprint density at radius 3 is 2.22 bits per heavy atom. The Kier molecular flexibility index (Phi) is 13.3. The third-order valence-electron chi connectivity index (χ3n) is 15.5. The highest BCUT2D eigenvalue weighted by molar-refractivity contribution is 5.99. The number of ether oxygens (including phenoxy) is 8. The molecule has 1 aromatic carbocycles. The van der Waals surface area contributed by atoms with Gasteiger partial charge in [0.2, 0.25) is 0 Å². The van der Waals surface area contributed by atoms with Crippen LogP contribution in [0, 0.1) is 35.5 Å². The number of likely N-dealkylation sites (N-methyl/N-ethyl adjacent to an activating group) is 1. The lowest BCUT2D eigenvalue weighted by Gasteiger charge is -2.44. The van der Waals surface area contributed by atoms with Gasteiger partial charge in [-0.05, 0) is 121 Å². The normalized spacial score (nSPS) is 45.0. The molecule has 328 valence electrons.